The molecular weight excluding hydrogens is 260 g/mol. The van der Waals surface area contributed by atoms with Crippen molar-refractivity contribution in [2.75, 3.05) is 6.61 Å². The summed E-state index contributed by atoms with van der Waals surface area (Å²) in [5.41, 5.74) is 7.62. The van der Waals surface area contributed by atoms with E-state index in [1.165, 1.54) is 12.1 Å². The molecule has 0 aliphatic rings. The van der Waals surface area contributed by atoms with Crippen molar-refractivity contribution >= 4 is 5.69 Å². The predicted octanol–water partition coefficient (Wildman–Crippen LogP) is 1.03. The molecule has 7 nitrogen and oxygen atoms in total. The molecule has 2 aromatic rings. The molecule has 0 aliphatic heterocycles. The smallest absolute Gasteiger partial charge is 0.269 e. The van der Waals surface area contributed by atoms with Gasteiger partial charge in [0, 0.05) is 24.9 Å². The van der Waals surface area contributed by atoms with Gasteiger partial charge in [-0.15, -0.1) is 0 Å². The van der Waals surface area contributed by atoms with Gasteiger partial charge >= 0.3 is 0 Å². The normalized spacial score (nSPS) is 12.3. The second-order valence-corrected chi connectivity index (χ2v) is 4.47. The van der Waals surface area contributed by atoms with Crippen molar-refractivity contribution in [3.05, 3.63) is 58.2 Å². The minimum absolute atomic E-state index is 0.0828. The van der Waals surface area contributed by atoms with Crippen LogP contribution < -0.4 is 5.73 Å². The van der Waals surface area contributed by atoms with Gasteiger partial charge in [-0.05, 0) is 12.0 Å². The number of nitro benzene ring substituents is 1. The standard InChI is InChI=1S/C13H16N4O3/c14-12(8-18)13-7-15-9-16(13)6-5-10-1-3-11(4-2-10)17(19)20/h1-4,7,9,12,18H,5-6,8,14H2. The Balaban J connectivity index is 2.02. The van der Waals surface area contributed by atoms with E-state index in [9.17, 15) is 10.1 Å². The molecule has 0 saturated carbocycles. The molecule has 1 heterocycles. The number of non-ortho nitro benzene ring substituents is 1. The predicted molar refractivity (Wildman–Crippen MR) is 73.0 cm³/mol. The summed E-state index contributed by atoms with van der Waals surface area (Å²) in [7, 11) is 0. The number of aromatic nitrogens is 2. The summed E-state index contributed by atoms with van der Waals surface area (Å²) in [4.78, 5) is 14.2. The van der Waals surface area contributed by atoms with Crippen LogP contribution in [-0.4, -0.2) is 26.2 Å². The fourth-order valence-corrected chi connectivity index (χ4v) is 1.95. The second-order valence-electron chi connectivity index (χ2n) is 4.47. The zero-order chi connectivity index (χ0) is 14.5. The number of nitro groups is 1. The SMILES string of the molecule is NC(CO)c1cncn1CCc1ccc([N+](=O)[O-])cc1. The van der Waals surface area contributed by atoms with Crippen LogP contribution in [0.5, 0.6) is 0 Å². The second kappa shape index (κ2) is 6.27. The van der Waals surface area contributed by atoms with Gasteiger partial charge in [0.2, 0.25) is 0 Å². The van der Waals surface area contributed by atoms with Crippen molar-refractivity contribution in [1.82, 2.24) is 9.55 Å². The lowest BCUT2D eigenvalue weighted by Crippen LogP contribution is -2.19. The van der Waals surface area contributed by atoms with E-state index < -0.39 is 11.0 Å². The Morgan fingerprint density at radius 1 is 1.40 bits per heavy atom. The maximum Gasteiger partial charge on any atom is 0.269 e. The lowest BCUT2D eigenvalue weighted by Gasteiger charge is -2.12. The molecule has 0 radical (unpaired) electrons. The molecule has 106 valence electrons. The maximum absolute atomic E-state index is 10.6. The summed E-state index contributed by atoms with van der Waals surface area (Å²) in [6.07, 6.45) is 4.01. The van der Waals surface area contributed by atoms with E-state index in [0.29, 0.717) is 13.0 Å². The Morgan fingerprint density at radius 3 is 2.70 bits per heavy atom. The van der Waals surface area contributed by atoms with Crippen LogP contribution in [0.15, 0.2) is 36.8 Å². The maximum atomic E-state index is 10.6. The highest BCUT2D eigenvalue weighted by Crippen LogP contribution is 2.14. The van der Waals surface area contributed by atoms with Gasteiger partial charge in [-0.25, -0.2) is 4.98 Å². The van der Waals surface area contributed by atoms with Crippen molar-refractivity contribution in [3.63, 3.8) is 0 Å². The monoisotopic (exact) mass is 276 g/mol. The van der Waals surface area contributed by atoms with Gasteiger partial charge in [0.1, 0.15) is 0 Å². The van der Waals surface area contributed by atoms with Gasteiger partial charge < -0.3 is 15.4 Å². The van der Waals surface area contributed by atoms with E-state index in [-0.39, 0.29) is 12.3 Å². The third-order valence-corrected chi connectivity index (χ3v) is 3.11. The fourth-order valence-electron chi connectivity index (χ4n) is 1.95. The first-order valence-corrected chi connectivity index (χ1v) is 6.21. The number of nitrogens with zero attached hydrogens (tertiary/aromatic N) is 3. The molecule has 0 fully saturated rings. The zero-order valence-corrected chi connectivity index (χ0v) is 10.8. The highest BCUT2D eigenvalue weighted by atomic mass is 16.6. The largest absolute Gasteiger partial charge is 0.394 e. The Hall–Kier alpha value is -2.25. The number of aryl methyl sites for hydroxylation is 2. The molecule has 1 aromatic heterocycles. The van der Waals surface area contributed by atoms with Crippen molar-refractivity contribution in [1.29, 1.82) is 0 Å². The molecular formula is C13H16N4O3. The van der Waals surface area contributed by atoms with Gasteiger partial charge in [0.25, 0.3) is 5.69 Å². The average Bonchev–Trinajstić information content (AvgIpc) is 2.93. The van der Waals surface area contributed by atoms with E-state index in [4.69, 9.17) is 10.8 Å². The number of hydrogen-bond acceptors (Lipinski definition) is 5. The molecule has 3 N–H and O–H groups in total. The first kappa shape index (κ1) is 14.2. The van der Waals surface area contributed by atoms with Crippen molar-refractivity contribution in [2.24, 2.45) is 5.73 Å². The van der Waals surface area contributed by atoms with E-state index >= 15 is 0 Å². The Kier molecular flexibility index (Phi) is 4.44. The third kappa shape index (κ3) is 3.19. The van der Waals surface area contributed by atoms with Crippen LogP contribution >= 0.6 is 0 Å². The molecule has 1 atom stereocenters. The molecule has 1 unspecified atom stereocenters. The summed E-state index contributed by atoms with van der Waals surface area (Å²) in [6, 6.07) is 6.00. The van der Waals surface area contributed by atoms with Crippen LogP contribution in [-0.2, 0) is 13.0 Å². The number of imidazole rings is 1. The van der Waals surface area contributed by atoms with Crippen LogP contribution in [0.3, 0.4) is 0 Å². The van der Waals surface area contributed by atoms with Gasteiger partial charge in [0.15, 0.2) is 0 Å². The molecule has 0 saturated heterocycles. The summed E-state index contributed by atoms with van der Waals surface area (Å²) >= 11 is 0. The number of rotatable bonds is 6. The lowest BCUT2D eigenvalue weighted by molar-refractivity contribution is -0.384. The summed E-state index contributed by atoms with van der Waals surface area (Å²) in [5.74, 6) is 0. The topological polar surface area (TPSA) is 107 Å². The lowest BCUT2D eigenvalue weighted by atomic mass is 10.1. The van der Waals surface area contributed by atoms with Crippen molar-refractivity contribution < 1.29 is 10.0 Å². The van der Waals surface area contributed by atoms with Crippen molar-refractivity contribution in [2.45, 2.75) is 19.0 Å². The summed E-state index contributed by atoms with van der Waals surface area (Å²) in [5, 5.41) is 19.6. The highest BCUT2D eigenvalue weighted by molar-refractivity contribution is 5.32. The van der Waals surface area contributed by atoms with Gasteiger partial charge in [0.05, 0.1) is 29.6 Å². The summed E-state index contributed by atoms with van der Waals surface area (Å²) < 4.78 is 1.88. The fraction of sp³-hybridized carbons (Fsp3) is 0.308. The summed E-state index contributed by atoms with van der Waals surface area (Å²) in [6.45, 7) is 0.518. The first-order valence-electron chi connectivity index (χ1n) is 6.21. The van der Waals surface area contributed by atoms with Gasteiger partial charge in [-0.1, -0.05) is 12.1 Å². The quantitative estimate of drug-likeness (QED) is 0.605. The van der Waals surface area contributed by atoms with E-state index in [1.54, 1.807) is 24.7 Å². The Bertz CT molecular complexity index is 580. The zero-order valence-electron chi connectivity index (χ0n) is 10.8. The number of aliphatic hydroxyl groups excluding tert-OH is 1. The average molecular weight is 276 g/mol. The molecule has 0 spiro atoms. The van der Waals surface area contributed by atoms with Crippen molar-refractivity contribution in [3.8, 4) is 0 Å². The Labute approximate surface area is 115 Å². The van der Waals surface area contributed by atoms with E-state index in [0.717, 1.165) is 11.3 Å². The van der Waals surface area contributed by atoms with Gasteiger partial charge in [-0.2, -0.15) is 0 Å². The molecule has 20 heavy (non-hydrogen) atoms. The highest BCUT2D eigenvalue weighted by Gasteiger charge is 2.10. The van der Waals surface area contributed by atoms with E-state index in [1.807, 2.05) is 4.57 Å². The minimum atomic E-state index is -0.450. The Morgan fingerprint density at radius 2 is 2.10 bits per heavy atom. The van der Waals surface area contributed by atoms with Crippen LogP contribution in [0, 0.1) is 10.1 Å². The number of nitrogens with two attached hydrogens (primary N) is 1. The van der Waals surface area contributed by atoms with Crippen LogP contribution in [0.25, 0.3) is 0 Å². The van der Waals surface area contributed by atoms with Crippen LogP contribution in [0.1, 0.15) is 17.3 Å². The van der Waals surface area contributed by atoms with Crippen LogP contribution in [0.4, 0.5) is 5.69 Å². The molecule has 0 aliphatic carbocycles. The molecule has 0 amide bonds. The molecule has 7 heteroatoms. The van der Waals surface area contributed by atoms with Gasteiger partial charge in [-0.3, -0.25) is 10.1 Å². The first-order chi connectivity index (χ1) is 9.61. The van der Waals surface area contributed by atoms with E-state index in [2.05, 4.69) is 4.98 Å². The third-order valence-electron chi connectivity index (χ3n) is 3.11. The molecule has 2 rings (SSSR count). The number of benzene rings is 1. The number of aliphatic hydroxyl groups is 1. The van der Waals surface area contributed by atoms with Crippen LogP contribution in [0.2, 0.25) is 0 Å². The minimum Gasteiger partial charge on any atom is -0.394 e. The number of hydrogen-bond donors (Lipinski definition) is 2. The molecule has 1 aromatic carbocycles. The molecule has 0 bridgehead atoms.